The van der Waals surface area contributed by atoms with Gasteiger partial charge in [-0.3, -0.25) is 0 Å². The number of hydrogen-bond acceptors (Lipinski definition) is 3. The summed E-state index contributed by atoms with van der Waals surface area (Å²) in [5.74, 6) is 6.74. The summed E-state index contributed by atoms with van der Waals surface area (Å²) in [5, 5.41) is 0. The van der Waals surface area contributed by atoms with Crippen molar-refractivity contribution in [3.8, 4) is 11.8 Å². The van der Waals surface area contributed by atoms with Gasteiger partial charge >= 0.3 is 0 Å². The second-order valence-corrected chi connectivity index (χ2v) is 11.0. The smallest absolute Gasteiger partial charge is 0.243 e. The maximum Gasteiger partial charge on any atom is 0.243 e. The Hall–Kier alpha value is -2.61. The molecule has 0 saturated heterocycles. The number of ether oxygens (including phenoxy) is 1. The Labute approximate surface area is 204 Å². The molecule has 178 valence electrons. The van der Waals surface area contributed by atoms with Gasteiger partial charge in [0.25, 0.3) is 0 Å². The largest absolute Gasteiger partial charge is 0.371 e. The monoisotopic (exact) mass is 475 g/mol. The highest BCUT2D eigenvalue weighted by molar-refractivity contribution is 7.89. The van der Waals surface area contributed by atoms with Gasteiger partial charge in [0.1, 0.15) is 0 Å². The Kier molecular flexibility index (Phi) is 7.76. The second-order valence-electron chi connectivity index (χ2n) is 9.02. The second kappa shape index (κ2) is 10.8. The van der Waals surface area contributed by atoms with Gasteiger partial charge in [-0.05, 0) is 60.7 Å². The summed E-state index contributed by atoms with van der Waals surface area (Å²) in [7, 11) is -3.60. The molecule has 2 heterocycles. The number of rotatable bonds is 6. The Bertz CT molecular complexity index is 1290. The number of hydrogen-bond donors (Lipinski definition) is 0. The summed E-state index contributed by atoms with van der Waals surface area (Å²) in [4.78, 5) is 0.331. The zero-order valence-corrected chi connectivity index (χ0v) is 21.2. The average molecular weight is 476 g/mol. The molecule has 2 aliphatic heterocycles. The normalized spacial score (nSPS) is 15.2. The molecule has 4 rings (SSSR count). The van der Waals surface area contributed by atoms with Gasteiger partial charge in [0.05, 0.1) is 18.1 Å². The minimum atomic E-state index is -3.60. The quantitative estimate of drug-likeness (QED) is 0.288. The van der Waals surface area contributed by atoms with Gasteiger partial charge in [-0.15, -0.1) is 5.73 Å². The van der Waals surface area contributed by atoms with Crippen molar-refractivity contribution in [2.24, 2.45) is 0 Å². The van der Waals surface area contributed by atoms with Crippen LogP contribution in [0.15, 0.2) is 47.0 Å². The zero-order valence-electron chi connectivity index (χ0n) is 20.4. The predicted molar refractivity (Wildman–Crippen MR) is 137 cm³/mol. The molecule has 0 saturated carbocycles. The van der Waals surface area contributed by atoms with Gasteiger partial charge in [0.15, 0.2) is 0 Å². The lowest BCUT2D eigenvalue weighted by atomic mass is 9.88. The third-order valence-corrected chi connectivity index (χ3v) is 8.18. The maximum absolute atomic E-state index is 13.4. The molecule has 0 fully saturated rings. The molecule has 0 amide bonds. The molecule has 5 heteroatoms. The highest BCUT2D eigenvalue weighted by Crippen LogP contribution is 2.38. The Morgan fingerprint density at radius 2 is 1.85 bits per heavy atom. The summed E-state index contributed by atoms with van der Waals surface area (Å²) < 4.78 is 34.3. The number of nitrogens with zero attached hydrogens (tertiary/aromatic N) is 1. The molecular weight excluding hydrogens is 442 g/mol. The van der Waals surface area contributed by atoms with Crippen molar-refractivity contribution >= 4 is 15.6 Å². The van der Waals surface area contributed by atoms with Crippen molar-refractivity contribution in [2.45, 2.75) is 77.5 Å². The van der Waals surface area contributed by atoms with Crippen LogP contribution in [0.25, 0.3) is 5.57 Å². The fourth-order valence-corrected chi connectivity index (χ4v) is 5.76. The third-order valence-electron chi connectivity index (χ3n) is 6.37. The molecule has 2 aliphatic rings. The number of unbranched alkanes of at least 4 members (excludes halogenated alkanes) is 3. The van der Waals surface area contributed by atoms with Crippen LogP contribution in [-0.4, -0.2) is 19.3 Å². The Morgan fingerprint density at radius 3 is 2.59 bits per heavy atom. The third kappa shape index (κ3) is 5.06. The van der Waals surface area contributed by atoms with Crippen LogP contribution in [0.1, 0.15) is 79.3 Å². The lowest BCUT2D eigenvalue weighted by Crippen LogP contribution is -2.25. The summed E-state index contributed by atoms with van der Waals surface area (Å²) in [6.07, 6.45) is 7.09. The van der Waals surface area contributed by atoms with Gasteiger partial charge < -0.3 is 4.74 Å². The summed E-state index contributed by atoms with van der Waals surface area (Å²) in [5.41, 5.74) is 10.7. The molecule has 2 aromatic carbocycles. The van der Waals surface area contributed by atoms with Crippen LogP contribution < -0.4 is 0 Å². The van der Waals surface area contributed by atoms with Crippen molar-refractivity contribution < 1.29 is 13.2 Å². The van der Waals surface area contributed by atoms with Crippen molar-refractivity contribution in [3.05, 3.63) is 75.5 Å². The van der Waals surface area contributed by atoms with E-state index in [4.69, 9.17) is 4.74 Å². The van der Waals surface area contributed by atoms with Crippen molar-refractivity contribution in [1.82, 2.24) is 4.31 Å². The maximum atomic E-state index is 13.4. The topological polar surface area (TPSA) is 46.6 Å². The molecule has 0 N–H and O–H groups in total. The van der Waals surface area contributed by atoms with E-state index in [2.05, 4.69) is 43.6 Å². The van der Waals surface area contributed by atoms with Crippen LogP contribution >= 0.6 is 0 Å². The van der Waals surface area contributed by atoms with Gasteiger partial charge in [-0.2, -0.15) is 4.31 Å². The minimum Gasteiger partial charge on any atom is -0.371 e. The summed E-state index contributed by atoms with van der Waals surface area (Å²) in [6, 6.07) is 9.22. The van der Waals surface area contributed by atoms with Gasteiger partial charge in [-0.1, -0.05) is 56.2 Å². The van der Waals surface area contributed by atoms with Crippen LogP contribution in [-0.2, 0) is 34.5 Å². The SMILES string of the molecule is CCCC=C=C1COCc2c1cc1c(c2C#CCCCC)CN(S(=O)(=O)c2ccc(C)cc2)C1. The predicted octanol–water partition coefficient (Wildman–Crippen LogP) is 6.11. The van der Waals surface area contributed by atoms with Crippen molar-refractivity contribution in [2.75, 3.05) is 6.61 Å². The van der Waals surface area contributed by atoms with E-state index >= 15 is 0 Å². The van der Waals surface area contributed by atoms with E-state index in [1.807, 2.05) is 19.1 Å². The number of sulfonamides is 1. The average Bonchev–Trinajstić information content (AvgIpc) is 3.27. The molecule has 0 bridgehead atoms. The Morgan fingerprint density at radius 1 is 1.06 bits per heavy atom. The summed E-state index contributed by atoms with van der Waals surface area (Å²) >= 11 is 0. The lowest BCUT2D eigenvalue weighted by molar-refractivity contribution is 0.146. The molecule has 0 aliphatic carbocycles. The van der Waals surface area contributed by atoms with Crippen LogP contribution in [0.2, 0.25) is 0 Å². The molecule has 0 atom stereocenters. The van der Waals surface area contributed by atoms with Gasteiger partial charge in [0.2, 0.25) is 10.0 Å². The van der Waals surface area contributed by atoms with Crippen LogP contribution in [0.4, 0.5) is 0 Å². The fraction of sp³-hybridized carbons (Fsp3) is 0.414. The van der Waals surface area contributed by atoms with Crippen molar-refractivity contribution in [3.63, 3.8) is 0 Å². The fourth-order valence-electron chi connectivity index (χ4n) is 4.38. The molecule has 0 unspecified atom stereocenters. The first kappa shape index (κ1) is 24.5. The molecule has 4 nitrogen and oxygen atoms in total. The lowest BCUT2D eigenvalue weighted by Gasteiger charge is -2.22. The molecule has 0 radical (unpaired) electrons. The van der Waals surface area contributed by atoms with Crippen LogP contribution in [0.5, 0.6) is 0 Å². The molecule has 0 aromatic heterocycles. The van der Waals surface area contributed by atoms with Gasteiger partial charge in [0, 0.05) is 36.2 Å². The molecule has 2 aromatic rings. The van der Waals surface area contributed by atoms with E-state index < -0.39 is 10.0 Å². The van der Waals surface area contributed by atoms with Crippen LogP contribution in [0, 0.1) is 18.8 Å². The zero-order chi connectivity index (χ0) is 24.1. The van der Waals surface area contributed by atoms with Crippen molar-refractivity contribution in [1.29, 1.82) is 0 Å². The minimum absolute atomic E-state index is 0.331. The highest BCUT2D eigenvalue weighted by atomic mass is 32.2. The number of benzene rings is 2. The number of aryl methyl sites for hydroxylation is 1. The van der Waals surface area contributed by atoms with E-state index in [-0.39, 0.29) is 0 Å². The standard InChI is InChI=1S/C29H33NO3S/c1-4-6-8-10-12-26-28-19-30(34(31,32)25-15-13-22(3)14-16-25)18-24(28)17-27-23(11-9-7-5-2)20-33-21-29(26)27/h9,13-17H,4-8,18-21H2,1-3H3. The van der Waals surface area contributed by atoms with E-state index in [1.54, 1.807) is 16.4 Å². The first-order valence-corrected chi connectivity index (χ1v) is 13.6. The van der Waals surface area contributed by atoms with Crippen LogP contribution in [0.3, 0.4) is 0 Å². The first-order valence-electron chi connectivity index (χ1n) is 12.2. The molecular formula is C29H33NO3S. The van der Waals surface area contributed by atoms with E-state index in [0.29, 0.717) is 31.2 Å². The van der Waals surface area contributed by atoms with Gasteiger partial charge in [-0.25, -0.2) is 8.42 Å². The van der Waals surface area contributed by atoms with E-state index in [9.17, 15) is 8.42 Å². The summed E-state index contributed by atoms with van der Waals surface area (Å²) in [6.45, 7) is 7.96. The highest BCUT2D eigenvalue weighted by Gasteiger charge is 2.34. The molecule has 34 heavy (non-hydrogen) atoms. The molecule has 0 spiro atoms. The first-order chi connectivity index (χ1) is 16.5. The van der Waals surface area contributed by atoms with E-state index in [0.717, 1.165) is 71.1 Å². The Balaban J connectivity index is 1.78. The van der Waals surface area contributed by atoms with E-state index in [1.165, 1.54) is 0 Å². The number of fused-ring (bicyclic) bond motifs is 2.